The van der Waals surface area contributed by atoms with Crippen LogP contribution in [0.3, 0.4) is 0 Å². The first-order chi connectivity index (χ1) is 11.2. The van der Waals surface area contributed by atoms with Crippen molar-refractivity contribution in [2.75, 3.05) is 6.61 Å². The Balaban J connectivity index is 1.93. The van der Waals surface area contributed by atoms with E-state index in [-0.39, 0.29) is 0 Å². The van der Waals surface area contributed by atoms with Gasteiger partial charge in [0.05, 0.1) is 12.2 Å². The number of aryl methyl sites for hydroxylation is 1. The summed E-state index contributed by atoms with van der Waals surface area (Å²) in [5.74, 6) is 0.713. The Labute approximate surface area is 143 Å². The zero-order valence-corrected chi connectivity index (χ0v) is 14.9. The lowest BCUT2D eigenvalue weighted by Gasteiger charge is -2.09. The molecule has 0 aliphatic carbocycles. The minimum Gasteiger partial charge on any atom is -0.492 e. The van der Waals surface area contributed by atoms with Crippen LogP contribution in [0.4, 0.5) is 0 Å². The highest BCUT2D eigenvalue weighted by Crippen LogP contribution is 2.31. The number of hydrogen-bond donors (Lipinski definition) is 0. The molecule has 122 valence electrons. The summed E-state index contributed by atoms with van der Waals surface area (Å²) < 4.78 is 5.89. The minimum absolute atomic E-state index is 0.619. The first kappa shape index (κ1) is 17.6. The van der Waals surface area contributed by atoms with E-state index in [1.807, 2.05) is 18.2 Å². The summed E-state index contributed by atoms with van der Waals surface area (Å²) in [5, 5.41) is 9.26. The Kier molecular flexibility index (Phi) is 7.16. The topological polar surface area (TPSA) is 33.0 Å². The van der Waals surface area contributed by atoms with E-state index < -0.39 is 0 Å². The van der Waals surface area contributed by atoms with Crippen LogP contribution in [0.25, 0.3) is 10.4 Å². The van der Waals surface area contributed by atoms with Crippen LogP contribution in [-0.4, -0.2) is 6.61 Å². The SMILES string of the molecule is CCCCCCCCOc1cc(-c2ccc(C)s2)ccc1C#N. The second-order valence-corrected chi connectivity index (χ2v) is 7.14. The number of hydrogen-bond acceptors (Lipinski definition) is 3. The van der Waals surface area contributed by atoms with Gasteiger partial charge in [0, 0.05) is 9.75 Å². The molecule has 0 bridgehead atoms. The third-order valence-electron chi connectivity index (χ3n) is 3.88. The summed E-state index contributed by atoms with van der Waals surface area (Å²) in [4.78, 5) is 2.51. The fraction of sp³-hybridized carbons (Fsp3) is 0.450. The van der Waals surface area contributed by atoms with Gasteiger partial charge in [-0.05, 0) is 43.2 Å². The smallest absolute Gasteiger partial charge is 0.137 e. The number of rotatable bonds is 9. The van der Waals surface area contributed by atoms with Crippen LogP contribution in [0.1, 0.15) is 55.9 Å². The first-order valence-corrected chi connectivity index (χ1v) is 9.30. The molecule has 2 nitrogen and oxygen atoms in total. The second-order valence-electron chi connectivity index (χ2n) is 5.85. The average Bonchev–Trinajstić information content (AvgIpc) is 3.00. The lowest BCUT2D eigenvalue weighted by molar-refractivity contribution is 0.303. The third-order valence-corrected chi connectivity index (χ3v) is 4.93. The molecule has 1 heterocycles. The van der Waals surface area contributed by atoms with Gasteiger partial charge >= 0.3 is 0 Å². The molecule has 0 aliphatic rings. The number of nitrogens with zero attached hydrogens (tertiary/aromatic N) is 1. The molecule has 0 atom stereocenters. The summed E-state index contributed by atoms with van der Waals surface area (Å²) in [5.41, 5.74) is 1.74. The lowest BCUT2D eigenvalue weighted by atomic mass is 10.1. The highest BCUT2D eigenvalue weighted by Gasteiger charge is 2.08. The van der Waals surface area contributed by atoms with Crippen LogP contribution in [0.2, 0.25) is 0 Å². The normalized spacial score (nSPS) is 10.5. The maximum Gasteiger partial charge on any atom is 0.137 e. The predicted octanol–water partition coefficient (Wildman–Crippen LogP) is 6.33. The number of ether oxygens (including phenoxy) is 1. The van der Waals surface area contributed by atoms with Crippen molar-refractivity contribution in [2.24, 2.45) is 0 Å². The zero-order valence-electron chi connectivity index (χ0n) is 14.1. The van der Waals surface area contributed by atoms with Crippen molar-refractivity contribution in [2.45, 2.75) is 52.4 Å². The molecule has 0 fully saturated rings. The fourth-order valence-corrected chi connectivity index (χ4v) is 3.41. The van der Waals surface area contributed by atoms with Gasteiger partial charge in [-0.15, -0.1) is 11.3 Å². The molecule has 0 unspecified atom stereocenters. The highest BCUT2D eigenvalue weighted by atomic mass is 32.1. The minimum atomic E-state index is 0.619. The summed E-state index contributed by atoms with van der Waals surface area (Å²) in [7, 11) is 0. The van der Waals surface area contributed by atoms with Crippen LogP contribution in [0.15, 0.2) is 30.3 Å². The van der Waals surface area contributed by atoms with Crippen molar-refractivity contribution < 1.29 is 4.74 Å². The highest BCUT2D eigenvalue weighted by molar-refractivity contribution is 7.15. The Morgan fingerprint density at radius 3 is 2.52 bits per heavy atom. The van der Waals surface area contributed by atoms with E-state index in [4.69, 9.17) is 4.74 Å². The molecule has 0 spiro atoms. The fourth-order valence-electron chi connectivity index (χ4n) is 2.54. The van der Waals surface area contributed by atoms with Crippen molar-refractivity contribution in [3.63, 3.8) is 0 Å². The van der Waals surface area contributed by atoms with E-state index in [1.165, 1.54) is 41.9 Å². The quantitative estimate of drug-likeness (QED) is 0.504. The van der Waals surface area contributed by atoms with Gasteiger partial charge in [0.25, 0.3) is 0 Å². The largest absolute Gasteiger partial charge is 0.492 e. The van der Waals surface area contributed by atoms with E-state index in [0.29, 0.717) is 17.9 Å². The molecule has 2 aromatic rings. The van der Waals surface area contributed by atoms with Gasteiger partial charge in [0.1, 0.15) is 11.8 Å². The van der Waals surface area contributed by atoms with Gasteiger partial charge in [-0.2, -0.15) is 5.26 Å². The van der Waals surface area contributed by atoms with E-state index >= 15 is 0 Å². The number of nitriles is 1. The van der Waals surface area contributed by atoms with Crippen LogP contribution >= 0.6 is 11.3 Å². The molecule has 1 aromatic heterocycles. The van der Waals surface area contributed by atoms with E-state index in [2.05, 4.69) is 32.0 Å². The van der Waals surface area contributed by atoms with Crippen LogP contribution < -0.4 is 4.74 Å². The summed E-state index contributed by atoms with van der Waals surface area (Å²) in [6.07, 6.45) is 7.44. The molecule has 0 amide bonds. The molecular weight excluding hydrogens is 302 g/mol. The maximum atomic E-state index is 9.26. The monoisotopic (exact) mass is 327 g/mol. The Bertz CT molecular complexity index is 654. The Morgan fingerprint density at radius 1 is 1.04 bits per heavy atom. The van der Waals surface area contributed by atoms with Gasteiger partial charge in [-0.25, -0.2) is 0 Å². The van der Waals surface area contributed by atoms with Gasteiger partial charge in [0.2, 0.25) is 0 Å². The summed E-state index contributed by atoms with van der Waals surface area (Å²) in [6, 6.07) is 12.3. The van der Waals surface area contributed by atoms with Gasteiger partial charge in [0.15, 0.2) is 0 Å². The molecule has 0 radical (unpaired) electrons. The Morgan fingerprint density at radius 2 is 1.83 bits per heavy atom. The van der Waals surface area contributed by atoms with Gasteiger partial charge < -0.3 is 4.74 Å². The number of unbranched alkanes of at least 4 members (excludes halogenated alkanes) is 5. The number of benzene rings is 1. The first-order valence-electron chi connectivity index (χ1n) is 8.48. The molecule has 0 N–H and O–H groups in total. The van der Waals surface area contributed by atoms with Crippen molar-refractivity contribution in [3.05, 3.63) is 40.8 Å². The third kappa shape index (κ3) is 5.41. The molecule has 23 heavy (non-hydrogen) atoms. The van der Waals surface area contributed by atoms with Crippen molar-refractivity contribution >= 4 is 11.3 Å². The lowest BCUT2D eigenvalue weighted by Crippen LogP contribution is -1.99. The van der Waals surface area contributed by atoms with E-state index in [0.717, 1.165) is 12.0 Å². The maximum absolute atomic E-state index is 9.26. The molecule has 2 rings (SSSR count). The second kappa shape index (κ2) is 9.37. The van der Waals surface area contributed by atoms with Crippen LogP contribution in [0.5, 0.6) is 5.75 Å². The van der Waals surface area contributed by atoms with Gasteiger partial charge in [-0.1, -0.05) is 45.1 Å². The molecule has 3 heteroatoms. The molecular formula is C20H25NOS. The average molecular weight is 327 g/mol. The summed E-state index contributed by atoms with van der Waals surface area (Å²) >= 11 is 1.76. The van der Waals surface area contributed by atoms with Crippen molar-refractivity contribution in [1.29, 1.82) is 5.26 Å². The van der Waals surface area contributed by atoms with Crippen LogP contribution in [-0.2, 0) is 0 Å². The number of thiophene rings is 1. The standard InChI is InChI=1S/C20H25NOS/c1-3-4-5-6-7-8-13-22-19-14-17(10-11-18(19)15-21)20-12-9-16(2)23-20/h9-12,14H,3-8,13H2,1-2H3. The summed E-state index contributed by atoms with van der Waals surface area (Å²) in [6.45, 7) is 5.02. The van der Waals surface area contributed by atoms with E-state index in [1.54, 1.807) is 11.3 Å². The van der Waals surface area contributed by atoms with E-state index in [9.17, 15) is 5.26 Å². The van der Waals surface area contributed by atoms with Crippen LogP contribution in [0, 0.1) is 18.3 Å². The van der Waals surface area contributed by atoms with Crippen molar-refractivity contribution in [3.8, 4) is 22.3 Å². The van der Waals surface area contributed by atoms with Crippen molar-refractivity contribution in [1.82, 2.24) is 0 Å². The molecule has 0 saturated carbocycles. The predicted molar refractivity (Wildman–Crippen MR) is 98.1 cm³/mol. The zero-order chi connectivity index (χ0) is 16.5. The molecule has 0 aliphatic heterocycles. The molecule has 0 saturated heterocycles. The molecule has 1 aromatic carbocycles. The van der Waals surface area contributed by atoms with Gasteiger partial charge in [-0.3, -0.25) is 0 Å². The Hall–Kier alpha value is -1.79.